The number of para-hydroxylation sites is 1. The number of rotatable bonds is 2. The number of carbonyl (C=O) groups excluding carboxylic acids is 1. The molecule has 0 unspecified atom stereocenters. The number of aromatic nitrogens is 3. The van der Waals surface area contributed by atoms with Crippen LogP contribution >= 0.6 is 0 Å². The molecule has 2 aromatic heterocycles. The zero-order valence-electron chi connectivity index (χ0n) is 14.4. The van der Waals surface area contributed by atoms with Gasteiger partial charge in [-0.15, -0.1) is 5.10 Å². The van der Waals surface area contributed by atoms with E-state index in [0.717, 1.165) is 42.4 Å². The Morgan fingerprint density at radius 1 is 1.12 bits per heavy atom. The lowest BCUT2D eigenvalue weighted by Crippen LogP contribution is -2.37. The quantitative estimate of drug-likeness (QED) is 0.721. The minimum atomic E-state index is -0.252. The van der Waals surface area contributed by atoms with E-state index in [0.29, 0.717) is 5.65 Å². The van der Waals surface area contributed by atoms with E-state index < -0.39 is 0 Å². The fraction of sp³-hybridized carbons (Fsp3) is 0.421. The smallest absolute Gasteiger partial charge is 0.341 e. The van der Waals surface area contributed by atoms with Gasteiger partial charge in [0, 0.05) is 13.1 Å². The molecule has 0 atom stereocenters. The summed E-state index contributed by atoms with van der Waals surface area (Å²) in [5.41, 5.74) is 2.11. The average Bonchev–Trinajstić information content (AvgIpc) is 2.80. The van der Waals surface area contributed by atoms with E-state index in [4.69, 9.17) is 0 Å². The normalized spacial score (nSPS) is 15.6. The van der Waals surface area contributed by atoms with Crippen molar-refractivity contribution in [2.45, 2.75) is 39.2 Å². The van der Waals surface area contributed by atoms with E-state index >= 15 is 0 Å². The summed E-state index contributed by atoms with van der Waals surface area (Å²) in [6.45, 7) is 3.51. The van der Waals surface area contributed by atoms with Crippen LogP contribution in [-0.2, 0) is 11.3 Å². The maximum Gasteiger partial charge on any atom is 0.351 e. The number of nitrogens with zero attached hydrogens (tertiary/aromatic N) is 4. The number of amides is 1. The summed E-state index contributed by atoms with van der Waals surface area (Å²) in [6, 6.07) is 9.77. The molecule has 4 rings (SSSR count). The lowest BCUT2D eigenvalue weighted by molar-refractivity contribution is -0.132. The van der Waals surface area contributed by atoms with Gasteiger partial charge in [0.1, 0.15) is 6.54 Å². The van der Waals surface area contributed by atoms with E-state index in [2.05, 4.69) is 5.10 Å². The minimum Gasteiger partial charge on any atom is -0.341 e. The third-order valence-electron chi connectivity index (χ3n) is 4.99. The standard InChI is InChI=1S/C19H22N4O2/c1-14-12-15-8-4-5-9-16(15)23-18(14)20-22(19(23)25)13-17(24)21-10-6-2-3-7-11-21/h4-5,8-9,12H,2-3,6-7,10-11,13H2,1H3. The number of likely N-dealkylation sites (tertiary alicyclic amines) is 1. The summed E-state index contributed by atoms with van der Waals surface area (Å²) >= 11 is 0. The molecule has 130 valence electrons. The Hall–Kier alpha value is -2.63. The van der Waals surface area contributed by atoms with Crippen molar-refractivity contribution in [1.82, 2.24) is 19.1 Å². The first-order chi connectivity index (χ1) is 12.1. The number of hydrogen-bond acceptors (Lipinski definition) is 3. The van der Waals surface area contributed by atoms with Gasteiger partial charge in [-0.25, -0.2) is 13.9 Å². The summed E-state index contributed by atoms with van der Waals surface area (Å²) in [4.78, 5) is 27.4. The number of aryl methyl sites for hydroxylation is 1. The fourth-order valence-electron chi connectivity index (χ4n) is 3.64. The van der Waals surface area contributed by atoms with Gasteiger partial charge in [0.25, 0.3) is 0 Å². The van der Waals surface area contributed by atoms with Crippen LogP contribution in [0, 0.1) is 6.92 Å². The van der Waals surface area contributed by atoms with Crippen LogP contribution < -0.4 is 5.69 Å². The Balaban J connectivity index is 1.74. The van der Waals surface area contributed by atoms with Gasteiger partial charge in [0.15, 0.2) is 5.65 Å². The highest BCUT2D eigenvalue weighted by Gasteiger charge is 2.19. The molecule has 6 heteroatoms. The second kappa shape index (κ2) is 6.35. The molecule has 1 fully saturated rings. The van der Waals surface area contributed by atoms with Gasteiger partial charge in [-0.1, -0.05) is 31.0 Å². The van der Waals surface area contributed by atoms with E-state index in [1.54, 1.807) is 4.40 Å². The van der Waals surface area contributed by atoms with Crippen LogP contribution in [0.4, 0.5) is 0 Å². The first kappa shape index (κ1) is 15.9. The summed E-state index contributed by atoms with van der Waals surface area (Å²) < 4.78 is 2.92. The maximum absolute atomic E-state index is 12.9. The van der Waals surface area contributed by atoms with Crippen LogP contribution in [-0.4, -0.2) is 38.1 Å². The molecule has 1 aliphatic rings. The molecular formula is C19H22N4O2. The number of pyridine rings is 1. The van der Waals surface area contributed by atoms with Crippen molar-refractivity contribution in [2.24, 2.45) is 0 Å². The molecule has 1 amide bonds. The van der Waals surface area contributed by atoms with Crippen molar-refractivity contribution < 1.29 is 4.79 Å². The second-order valence-electron chi connectivity index (χ2n) is 6.78. The largest absolute Gasteiger partial charge is 0.351 e. The third kappa shape index (κ3) is 2.81. The molecule has 1 aliphatic heterocycles. The predicted octanol–water partition coefficient (Wildman–Crippen LogP) is 2.36. The molecule has 0 N–H and O–H groups in total. The van der Waals surface area contributed by atoms with E-state index in [-0.39, 0.29) is 18.1 Å². The van der Waals surface area contributed by atoms with Crippen LogP contribution in [0.5, 0.6) is 0 Å². The Kier molecular flexibility index (Phi) is 4.03. The monoisotopic (exact) mass is 338 g/mol. The van der Waals surface area contributed by atoms with Gasteiger partial charge < -0.3 is 4.90 Å². The van der Waals surface area contributed by atoms with Crippen molar-refractivity contribution in [3.05, 3.63) is 46.4 Å². The van der Waals surface area contributed by atoms with Crippen molar-refractivity contribution in [3.8, 4) is 0 Å². The van der Waals surface area contributed by atoms with Gasteiger partial charge in [-0.3, -0.25) is 4.79 Å². The Bertz CT molecular complexity index is 994. The highest BCUT2D eigenvalue weighted by Crippen LogP contribution is 2.18. The molecular weight excluding hydrogens is 316 g/mol. The molecule has 3 heterocycles. The van der Waals surface area contributed by atoms with Crippen molar-refractivity contribution >= 4 is 22.5 Å². The van der Waals surface area contributed by atoms with Crippen LogP contribution in [0.1, 0.15) is 31.2 Å². The Morgan fingerprint density at radius 2 is 1.84 bits per heavy atom. The predicted molar refractivity (Wildman–Crippen MR) is 96.7 cm³/mol. The lowest BCUT2D eigenvalue weighted by Gasteiger charge is -2.19. The number of carbonyl (C=O) groups is 1. The molecule has 0 spiro atoms. The van der Waals surface area contributed by atoms with Gasteiger partial charge in [-0.05, 0) is 42.8 Å². The number of hydrogen-bond donors (Lipinski definition) is 0. The van der Waals surface area contributed by atoms with E-state index in [1.807, 2.05) is 42.2 Å². The fourth-order valence-corrected chi connectivity index (χ4v) is 3.64. The zero-order chi connectivity index (χ0) is 17.4. The Labute approximate surface area is 145 Å². The van der Waals surface area contributed by atoms with Crippen molar-refractivity contribution in [2.75, 3.05) is 13.1 Å². The molecule has 6 nitrogen and oxygen atoms in total. The highest BCUT2D eigenvalue weighted by atomic mass is 16.2. The molecule has 3 aromatic rings. The minimum absolute atomic E-state index is 0.00821. The van der Waals surface area contributed by atoms with Crippen LogP contribution in [0.15, 0.2) is 35.1 Å². The molecule has 0 saturated carbocycles. The summed E-state index contributed by atoms with van der Waals surface area (Å²) in [6.07, 6.45) is 4.41. The number of benzene rings is 1. The highest BCUT2D eigenvalue weighted by molar-refractivity contribution is 5.83. The van der Waals surface area contributed by atoms with E-state index in [1.165, 1.54) is 17.5 Å². The first-order valence-corrected chi connectivity index (χ1v) is 8.91. The molecule has 0 bridgehead atoms. The zero-order valence-corrected chi connectivity index (χ0v) is 14.4. The van der Waals surface area contributed by atoms with Crippen molar-refractivity contribution in [1.29, 1.82) is 0 Å². The van der Waals surface area contributed by atoms with Gasteiger partial charge >= 0.3 is 5.69 Å². The lowest BCUT2D eigenvalue weighted by atomic mass is 10.1. The molecule has 1 saturated heterocycles. The SMILES string of the molecule is Cc1cc2ccccc2n2c(=O)n(CC(=O)N3CCCCCC3)nc12. The maximum atomic E-state index is 12.9. The summed E-state index contributed by atoms with van der Waals surface area (Å²) in [7, 11) is 0. The van der Waals surface area contributed by atoms with Crippen LogP contribution in [0.3, 0.4) is 0 Å². The second-order valence-corrected chi connectivity index (χ2v) is 6.78. The third-order valence-corrected chi connectivity index (χ3v) is 4.99. The summed E-state index contributed by atoms with van der Waals surface area (Å²) in [5.74, 6) is -0.0191. The van der Waals surface area contributed by atoms with E-state index in [9.17, 15) is 9.59 Å². The molecule has 1 aromatic carbocycles. The van der Waals surface area contributed by atoms with Gasteiger partial charge in [-0.2, -0.15) is 0 Å². The summed E-state index contributed by atoms with van der Waals surface area (Å²) in [5, 5.41) is 5.43. The first-order valence-electron chi connectivity index (χ1n) is 8.91. The van der Waals surface area contributed by atoms with Crippen LogP contribution in [0.25, 0.3) is 16.6 Å². The van der Waals surface area contributed by atoms with Crippen LogP contribution in [0.2, 0.25) is 0 Å². The molecule has 25 heavy (non-hydrogen) atoms. The number of fused-ring (bicyclic) bond motifs is 3. The topological polar surface area (TPSA) is 59.6 Å². The average molecular weight is 338 g/mol. The molecule has 0 radical (unpaired) electrons. The van der Waals surface area contributed by atoms with Gasteiger partial charge in [0.05, 0.1) is 5.52 Å². The van der Waals surface area contributed by atoms with Crippen molar-refractivity contribution in [3.63, 3.8) is 0 Å². The Morgan fingerprint density at radius 3 is 2.60 bits per heavy atom. The molecule has 0 aliphatic carbocycles. The van der Waals surface area contributed by atoms with Gasteiger partial charge in [0.2, 0.25) is 5.91 Å².